The minimum Gasteiger partial charge on any atom is -0.324 e. The van der Waals surface area contributed by atoms with Crippen LogP contribution in [0.1, 0.15) is 13.8 Å². The van der Waals surface area contributed by atoms with Gasteiger partial charge >= 0.3 is 0 Å². The van der Waals surface area contributed by atoms with Crippen LogP contribution in [0, 0.1) is 0 Å². The lowest BCUT2D eigenvalue weighted by atomic mass is 10.6. The van der Waals surface area contributed by atoms with Gasteiger partial charge in [0.25, 0.3) is 10.1 Å². The second-order valence-corrected chi connectivity index (χ2v) is 12.6. The first kappa shape index (κ1) is 28.0. The summed E-state index contributed by atoms with van der Waals surface area (Å²) in [6.45, 7) is 8.28. The van der Waals surface area contributed by atoms with Gasteiger partial charge < -0.3 is 9.36 Å². The second-order valence-electron chi connectivity index (χ2n) is 4.81. The molecule has 0 rings (SSSR count). The molecule has 0 aliphatic rings. The summed E-state index contributed by atoms with van der Waals surface area (Å²) in [5.74, 6) is 0.167. The van der Waals surface area contributed by atoms with Crippen molar-refractivity contribution in [3.63, 3.8) is 0 Å². The summed E-state index contributed by atoms with van der Waals surface area (Å²) in [5.41, 5.74) is 0. The Hall–Kier alpha value is -0.240. The predicted molar refractivity (Wildman–Crippen MR) is 84.4 cm³/mol. The van der Waals surface area contributed by atoms with Crippen molar-refractivity contribution in [2.24, 2.45) is 0 Å². The molecule has 0 saturated heterocycles. The van der Waals surface area contributed by atoms with E-state index in [1.807, 2.05) is 0 Å². The molecular weight excluding hydrogens is 327 g/mol. The van der Waals surface area contributed by atoms with Gasteiger partial charge in [-0.15, -0.1) is 0 Å². The van der Waals surface area contributed by atoms with Gasteiger partial charge in [-0.1, -0.05) is 0 Å². The van der Waals surface area contributed by atoms with E-state index in [4.69, 9.17) is 0 Å². The second kappa shape index (κ2) is 12.5. The zero-order chi connectivity index (χ0) is 17.8. The maximum Gasteiger partial charge on any atom is 0.264 e. The Bertz CT molecular complexity index is 465. The van der Waals surface area contributed by atoms with Crippen LogP contribution in [-0.4, -0.2) is 68.5 Å². The van der Waals surface area contributed by atoms with Gasteiger partial charge in [0.15, 0.2) is 0 Å². The van der Waals surface area contributed by atoms with Crippen LogP contribution >= 0.6 is 7.14 Å². The Labute approximate surface area is 123 Å². The molecule has 0 unspecified atom stereocenters. The van der Waals surface area contributed by atoms with Gasteiger partial charge in [0.1, 0.15) is 15.6 Å². The normalized spacial score (nSPS) is 10.7. The van der Waals surface area contributed by atoms with Gasteiger partial charge in [-0.3, -0.25) is 4.18 Å². The molecule has 0 heterocycles. The molecule has 0 N–H and O–H groups in total. The molecule has 10 heteroatoms. The van der Waals surface area contributed by atoms with E-state index in [9.17, 15) is 26.2 Å². The van der Waals surface area contributed by atoms with Gasteiger partial charge in [-0.05, 0) is 33.8 Å². The zero-order valence-electron chi connectivity index (χ0n) is 13.6. The predicted octanol–water partition coefficient (Wildman–Crippen LogP) is 1.09. The molecule has 0 aromatic heterocycles. The molecule has 0 saturated carbocycles. The summed E-state index contributed by atoms with van der Waals surface area (Å²) in [6.07, 6.45) is 3.31. The molecule has 0 spiro atoms. The fourth-order valence-corrected chi connectivity index (χ4v) is 0. The van der Waals surface area contributed by atoms with E-state index in [1.165, 1.54) is 13.8 Å². The van der Waals surface area contributed by atoms with Gasteiger partial charge in [-0.2, -0.15) is 8.42 Å². The molecule has 0 radical (unpaired) electrons. The highest BCUT2D eigenvalue weighted by molar-refractivity contribution is 7.89. The van der Waals surface area contributed by atoms with Crippen molar-refractivity contribution in [3.8, 4) is 0 Å². The lowest BCUT2D eigenvalue weighted by molar-refractivity contribution is -0.115. The molecule has 0 amide bonds. The van der Waals surface area contributed by atoms with Gasteiger partial charge in [0.05, 0.1) is 20.5 Å². The van der Waals surface area contributed by atoms with E-state index in [-0.39, 0.29) is 5.78 Å². The van der Waals surface area contributed by atoms with Crippen molar-refractivity contribution in [2.75, 3.05) is 45.9 Å². The summed E-state index contributed by atoms with van der Waals surface area (Å²) >= 11 is 0. The third-order valence-corrected chi connectivity index (χ3v) is 0.908. The number of hydrogen-bond donors (Lipinski definition) is 0. The molecule has 0 aromatic carbocycles. The highest BCUT2D eigenvalue weighted by Gasteiger charge is 1.90. The monoisotopic (exact) mass is 354 g/mol. The summed E-state index contributed by atoms with van der Waals surface area (Å²) in [6, 6.07) is 0. The van der Waals surface area contributed by atoms with E-state index >= 15 is 0 Å². The van der Waals surface area contributed by atoms with Crippen LogP contribution < -0.4 is 0 Å². The van der Waals surface area contributed by atoms with Crippen LogP contribution in [0.25, 0.3) is 0 Å². The average Bonchev–Trinajstić information content (AvgIpc) is 1.94. The van der Waals surface area contributed by atoms with Crippen LogP contribution in [0.5, 0.6) is 0 Å². The van der Waals surface area contributed by atoms with Crippen LogP contribution in [0.3, 0.4) is 0 Å². The molecule has 0 aliphatic carbocycles. The van der Waals surface area contributed by atoms with E-state index in [2.05, 4.69) is 4.18 Å². The maximum atomic E-state index is 10.2. The first-order valence-corrected chi connectivity index (χ1v) is 12.4. The number of rotatable bonds is 1. The summed E-state index contributed by atoms with van der Waals surface area (Å²) in [5, 5.41) is 0. The zero-order valence-corrected chi connectivity index (χ0v) is 16.1. The highest BCUT2D eigenvalue weighted by atomic mass is 32.2. The Balaban J connectivity index is -0.0000000862. The van der Waals surface area contributed by atoms with Crippen LogP contribution in [-0.2, 0) is 33.5 Å². The standard InChI is InChI=1S/C3H9OP.C3H6O.C2H6O3S.C2H6O2S/c1-5(2,3)4;1-3(2)4;1-5-6(2,3)4;1-5(2,3)4/h1-3H3;1-2H3;1-2H3;1-2H3. The topological polar surface area (TPSA) is 112 Å². The van der Waals surface area contributed by atoms with Crippen molar-refractivity contribution in [2.45, 2.75) is 13.8 Å². The number of sulfone groups is 1. The lowest BCUT2D eigenvalue weighted by Gasteiger charge is -1.86. The fourth-order valence-electron chi connectivity index (χ4n) is 0. The SMILES string of the molecule is CC(C)=O.COS(C)(=O)=O.CP(C)(C)=O.CS(C)(=O)=O. The molecule has 0 bridgehead atoms. The summed E-state index contributed by atoms with van der Waals surface area (Å²) in [7, 11) is -6.35. The van der Waals surface area contributed by atoms with E-state index in [0.717, 1.165) is 25.9 Å². The largest absolute Gasteiger partial charge is 0.324 e. The Morgan fingerprint density at radius 1 is 0.900 bits per heavy atom. The lowest BCUT2D eigenvalue weighted by Crippen LogP contribution is -1.95. The molecule has 0 aliphatic heterocycles. The van der Waals surface area contributed by atoms with Gasteiger partial charge in [0, 0.05) is 12.5 Å². The van der Waals surface area contributed by atoms with Crippen molar-refractivity contribution in [1.29, 1.82) is 0 Å². The van der Waals surface area contributed by atoms with E-state index < -0.39 is 27.1 Å². The van der Waals surface area contributed by atoms with Crippen LogP contribution in [0.4, 0.5) is 0 Å². The molecule has 0 atom stereocenters. The highest BCUT2D eigenvalue weighted by Crippen LogP contribution is 2.28. The summed E-state index contributed by atoms with van der Waals surface area (Å²) in [4.78, 5) is 9.44. The van der Waals surface area contributed by atoms with Gasteiger partial charge in [-0.25, -0.2) is 8.42 Å². The van der Waals surface area contributed by atoms with E-state index in [0.29, 0.717) is 0 Å². The number of hydrogen-bond acceptors (Lipinski definition) is 7. The fraction of sp³-hybridized carbons (Fsp3) is 0.900. The third kappa shape index (κ3) is 655. The Kier molecular flexibility index (Phi) is 17.5. The molecule has 7 nitrogen and oxygen atoms in total. The number of carbonyl (C=O) groups excluding carboxylic acids is 1. The molecule has 20 heavy (non-hydrogen) atoms. The van der Waals surface area contributed by atoms with E-state index in [1.54, 1.807) is 20.0 Å². The quantitative estimate of drug-likeness (QED) is 0.512. The summed E-state index contributed by atoms with van der Waals surface area (Å²) < 4.78 is 52.9. The third-order valence-electron chi connectivity index (χ3n) is 0.303. The minimum absolute atomic E-state index is 0.167. The molecule has 126 valence electrons. The number of ketones is 1. The van der Waals surface area contributed by atoms with Crippen molar-refractivity contribution < 1.29 is 30.4 Å². The smallest absolute Gasteiger partial charge is 0.264 e. The molecule has 0 fully saturated rings. The van der Waals surface area contributed by atoms with Crippen LogP contribution in [0.2, 0.25) is 0 Å². The van der Waals surface area contributed by atoms with Crippen LogP contribution in [0.15, 0.2) is 0 Å². The first-order valence-electron chi connectivity index (χ1n) is 5.19. The van der Waals surface area contributed by atoms with Crippen molar-refractivity contribution >= 4 is 32.9 Å². The van der Waals surface area contributed by atoms with Crippen molar-refractivity contribution in [1.82, 2.24) is 0 Å². The minimum atomic E-state index is -3.16. The first-order chi connectivity index (χ1) is 8.29. The average molecular weight is 354 g/mol. The number of carbonyl (C=O) groups is 1. The molecule has 0 aromatic rings. The Morgan fingerprint density at radius 3 is 0.950 bits per heavy atom. The molecular formula is C10H27O7PS2. The number of Topliss-reactive ketones (excluding diaryl/α,β-unsaturated/α-hetero) is 1. The van der Waals surface area contributed by atoms with Crippen molar-refractivity contribution in [3.05, 3.63) is 0 Å². The Morgan fingerprint density at radius 2 is 0.950 bits per heavy atom. The maximum absolute atomic E-state index is 10.2. The van der Waals surface area contributed by atoms with Gasteiger partial charge in [0.2, 0.25) is 0 Å².